The third-order valence-corrected chi connectivity index (χ3v) is 2.70. The van der Waals surface area contributed by atoms with Gasteiger partial charge < -0.3 is 10.6 Å². The van der Waals surface area contributed by atoms with Gasteiger partial charge in [-0.05, 0) is 18.7 Å². The lowest BCUT2D eigenvalue weighted by Gasteiger charge is -2.10. The molecule has 6 heteroatoms. The summed E-state index contributed by atoms with van der Waals surface area (Å²) in [6, 6.07) is 7.76. The highest BCUT2D eigenvalue weighted by atomic mass is 16.1. The molecule has 0 aliphatic carbocycles. The van der Waals surface area contributed by atoms with Gasteiger partial charge in [0.25, 0.3) is 0 Å². The Morgan fingerprint density at radius 2 is 2.21 bits per heavy atom. The Labute approximate surface area is 111 Å². The van der Waals surface area contributed by atoms with Crippen molar-refractivity contribution in [2.45, 2.75) is 19.5 Å². The summed E-state index contributed by atoms with van der Waals surface area (Å²) in [4.78, 5) is 11.9. The first kappa shape index (κ1) is 13.2. The lowest BCUT2D eigenvalue weighted by molar-refractivity contribution is -0.116. The molecule has 0 spiro atoms. The number of benzene rings is 1. The largest absolute Gasteiger partial charge is 0.326 e. The fraction of sp³-hybridized carbons (Fsp3) is 0.308. The normalized spacial score (nSPS) is 10.4. The van der Waals surface area contributed by atoms with E-state index in [-0.39, 0.29) is 5.91 Å². The van der Waals surface area contributed by atoms with Crippen LogP contribution in [0, 0.1) is 0 Å². The van der Waals surface area contributed by atoms with Crippen molar-refractivity contribution < 1.29 is 4.79 Å². The number of rotatable bonds is 6. The molecule has 6 nitrogen and oxygen atoms in total. The maximum atomic E-state index is 11.9. The van der Waals surface area contributed by atoms with Gasteiger partial charge in [0.15, 0.2) is 0 Å². The molecule has 19 heavy (non-hydrogen) atoms. The minimum Gasteiger partial charge on any atom is -0.326 e. The molecule has 1 amide bonds. The zero-order valence-electron chi connectivity index (χ0n) is 10.8. The molecule has 1 aromatic carbocycles. The van der Waals surface area contributed by atoms with E-state index in [4.69, 9.17) is 0 Å². The van der Waals surface area contributed by atoms with E-state index in [1.165, 1.54) is 0 Å². The molecule has 0 aliphatic rings. The number of nitrogens with zero attached hydrogens (tertiary/aromatic N) is 3. The molecule has 0 saturated carbocycles. The number of anilines is 1. The smallest absolute Gasteiger partial charge is 0.226 e. The number of carbonyl (C=O) groups excluding carboxylic acids is 1. The van der Waals surface area contributed by atoms with Crippen LogP contribution in [0.25, 0.3) is 0 Å². The van der Waals surface area contributed by atoms with Gasteiger partial charge in [-0.1, -0.05) is 23.4 Å². The highest BCUT2D eigenvalue weighted by Crippen LogP contribution is 2.14. The standard InChI is InChI=1S/C13H17N5O/c1-14-10-11-4-2-3-5-12(11)16-13(19)6-8-18-9-7-15-17-18/h2-5,7,9,14H,6,8,10H2,1H3,(H,16,19). The lowest BCUT2D eigenvalue weighted by Crippen LogP contribution is -2.17. The molecule has 2 rings (SSSR count). The molecule has 0 bridgehead atoms. The zero-order chi connectivity index (χ0) is 13.5. The number of aromatic nitrogens is 3. The van der Waals surface area contributed by atoms with E-state index in [1.54, 1.807) is 17.1 Å². The highest BCUT2D eigenvalue weighted by molar-refractivity contribution is 5.91. The van der Waals surface area contributed by atoms with Gasteiger partial charge >= 0.3 is 0 Å². The summed E-state index contributed by atoms with van der Waals surface area (Å²) in [6.07, 6.45) is 3.71. The second-order valence-corrected chi connectivity index (χ2v) is 4.15. The van der Waals surface area contributed by atoms with Crippen LogP contribution in [0.4, 0.5) is 5.69 Å². The summed E-state index contributed by atoms with van der Waals surface area (Å²) < 4.78 is 1.64. The molecule has 0 aliphatic heterocycles. The van der Waals surface area contributed by atoms with Crippen molar-refractivity contribution in [3.05, 3.63) is 42.2 Å². The SMILES string of the molecule is CNCc1ccccc1NC(=O)CCn1ccnn1. The molecular formula is C13H17N5O. The van der Waals surface area contributed by atoms with Gasteiger partial charge in [0.2, 0.25) is 5.91 Å². The van der Waals surface area contributed by atoms with E-state index in [0.29, 0.717) is 13.0 Å². The van der Waals surface area contributed by atoms with E-state index < -0.39 is 0 Å². The van der Waals surface area contributed by atoms with Crippen LogP contribution in [0.3, 0.4) is 0 Å². The van der Waals surface area contributed by atoms with E-state index >= 15 is 0 Å². The number of hydrogen-bond acceptors (Lipinski definition) is 4. The fourth-order valence-electron chi connectivity index (χ4n) is 1.77. The van der Waals surface area contributed by atoms with Crippen molar-refractivity contribution in [2.75, 3.05) is 12.4 Å². The summed E-state index contributed by atoms with van der Waals surface area (Å²) in [6.45, 7) is 1.25. The van der Waals surface area contributed by atoms with Gasteiger partial charge in [0.1, 0.15) is 0 Å². The van der Waals surface area contributed by atoms with Crippen LogP contribution in [-0.4, -0.2) is 27.9 Å². The van der Waals surface area contributed by atoms with Crippen LogP contribution in [-0.2, 0) is 17.9 Å². The van der Waals surface area contributed by atoms with Crippen molar-refractivity contribution in [1.82, 2.24) is 20.3 Å². The molecule has 2 aromatic rings. The molecule has 2 N–H and O–H groups in total. The molecule has 0 radical (unpaired) electrons. The first-order valence-corrected chi connectivity index (χ1v) is 6.16. The third-order valence-electron chi connectivity index (χ3n) is 2.70. The van der Waals surface area contributed by atoms with Crippen molar-refractivity contribution in [3.63, 3.8) is 0 Å². The summed E-state index contributed by atoms with van der Waals surface area (Å²) >= 11 is 0. The van der Waals surface area contributed by atoms with Crippen LogP contribution in [0.15, 0.2) is 36.7 Å². The predicted octanol–water partition coefficient (Wildman–Crippen LogP) is 1.03. The van der Waals surface area contributed by atoms with Crippen molar-refractivity contribution in [3.8, 4) is 0 Å². The summed E-state index contributed by atoms with van der Waals surface area (Å²) in [5.74, 6) is -0.0287. The van der Waals surface area contributed by atoms with Crippen molar-refractivity contribution in [1.29, 1.82) is 0 Å². The second kappa shape index (κ2) is 6.65. The second-order valence-electron chi connectivity index (χ2n) is 4.15. The predicted molar refractivity (Wildman–Crippen MR) is 72.5 cm³/mol. The van der Waals surface area contributed by atoms with Gasteiger partial charge in [0, 0.05) is 24.8 Å². The van der Waals surface area contributed by atoms with Gasteiger partial charge in [-0.15, -0.1) is 5.10 Å². The fourth-order valence-corrected chi connectivity index (χ4v) is 1.77. The van der Waals surface area contributed by atoms with Gasteiger partial charge in [-0.2, -0.15) is 0 Å². The van der Waals surface area contributed by atoms with E-state index in [0.717, 1.165) is 17.8 Å². The Kier molecular flexibility index (Phi) is 4.63. The Hall–Kier alpha value is -2.21. The highest BCUT2D eigenvalue weighted by Gasteiger charge is 2.06. The van der Waals surface area contributed by atoms with Crippen molar-refractivity contribution in [2.24, 2.45) is 0 Å². The number of hydrogen-bond donors (Lipinski definition) is 2. The Balaban J connectivity index is 1.91. The number of nitrogens with one attached hydrogen (secondary N) is 2. The first-order valence-electron chi connectivity index (χ1n) is 6.16. The Morgan fingerprint density at radius 1 is 1.37 bits per heavy atom. The number of amides is 1. The maximum absolute atomic E-state index is 11.9. The van der Waals surface area contributed by atoms with Crippen LogP contribution in [0.1, 0.15) is 12.0 Å². The first-order chi connectivity index (χ1) is 9.29. The van der Waals surface area contributed by atoms with Crippen LogP contribution < -0.4 is 10.6 Å². The van der Waals surface area contributed by atoms with E-state index in [1.807, 2.05) is 31.3 Å². The minimum atomic E-state index is -0.0287. The molecule has 100 valence electrons. The Morgan fingerprint density at radius 3 is 2.95 bits per heavy atom. The number of carbonyl (C=O) groups is 1. The average Bonchev–Trinajstić information content (AvgIpc) is 2.92. The molecule has 0 saturated heterocycles. The van der Waals surface area contributed by atoms with Gasteiger partial charge in [-0.3, -0.25) is 9.48 Å². The van der Waals surface area contributed by atoms with Crippen LogP contribution >= 0.6 is 0 Å². The molecule has 0 atom stereocenters. The summed E-state index contributed by atoms with van der Waals surface area (Å²) in [5.41, 5.74) is 1.92. The molecule has 0 fully saturated rings. The molecule has 1 aromatic heterocycles. The van der Waals surface area contributed by atoms with Crippen molar-refractivity contribution >= 4 is 11.6 Å². The van der Waals surface area contributed by atoms with Gasteiger partial charge in [-0.25, -0.2) is 0 Å². The number of para-hydroxylation sites is 1. The Bertz CT molecular complexity index is 524. The monoisotopic (exact) mass is 259 g/mol. The van der Waals surface area contributed by atoms with Crippen LogP contribution in [0.2, 0.25) is 0 Å². The maximum Gasteiger partial charge on any atom is 0.226 e. The van der Waals surface area contributed by atoms with Gasteiger partial charge in [0.05, 0.1) is 12.7 Å². The zero-order valence-corrected chi connectivity index (χ0v) is 10.8. The molecular weight excluding hydrogens is 242 g/mol. The van der Waals surface area contributed by atoms with E-state index in [2.05, 4.69) is 20.9 Å². The topological polar surface area (TPSA) is 71.8 Å². The lowest BCUT2D eigenvalue weighted by atomic mass is 10.1. The summed E-state index contributed by atoms with van der Waals surface area (Å²) in [5, 5.41) is 13.5. The molecule has 0 unspecified atom stereocenters. The summed E-state index contributed by atoms with van der Waals surface area (Å²) in [7, 11) is 1.88. The number of aryl methyl sites for hydroxylation is 1. The van der Waals surface area contributed by atoms with E-state index in [9.17, 15) is 4.79 Å². The third kappa shape index (κ3) is 3.89. The average molecular weight is 259 g/mol. The van der Waals surface area contributed by atoms with Crippen LogP contribution in [0.5, 0.6) is 0 Å². The molecule has 1 heterocycles. The quantitative estimate of drug-likeness (QED) is 0.812. The minimum absolute atomic E-state index is 0.0287.